The van der Waals surface area contributed by atoms with E-state index in [1.807, 2.05) is 0 Å². The molecular formula is C20H28F3N3O. The summed E-state index contributed by atoms with van der Waals surface area (Å²) >= 11 is 0. The smallest absolute Gasteiger partial charge is 0.383 e. The number of methoxy groups -OCH3 is 1. The molecule has 0 bridgehead atoms. The van der Waals surface area contributed by atoms with Gasteiger partial charge in [-0.3, -0.25) is 9.97 Å². The highest BCUT2D eigenvalue weighted by Gasteiger charge is 2.38. The van der Waals surface area contributed by atoms with Crippen LogP contribution in [0.2, 0.25) is 0 Å². The van der Waals surface area contributed by atoms with Crippen LogP contribution in [0.4, 0.5) is 13.2 Å². The van der Waals surface area contributed by atoms with Gasteiger partial charge in [-0.25, -0.2) is 0 Å². The van der Waals surface area contributed by atoms with Gasteiger partial charge in [0.2, 0.25) is 0 Å². The second kappa shape index (κ2) is 9.46. The summed E-state index contributed by atoms with van der Waals surface area (Å²) in [5, 5.41) is 3.47. The second-order valence-corrected chi connectivity index (χ2v) is 7.13. The molecule has 0 aromatic carbocycles. The monoisotopic (exact) mass is 383 g/mol. The summed E-state index contributed by atoms with van der Waals surface area (Å²) in [6, 6.07) is 0.287. The highest BCUT2D eigenvalue weighted by Crippen LogP contribution is 2.40. The maximum atomic E-state index is 13.4. The fourth-order valence-electron chi connectivity index (χ4n) is 3.82. The molecule has 4 nitrogen and oxygen atoms in total. The molecule has 0 radical (unpaired) electrons. The lowest BCUT2D eigenvalue weighted by Crippen LogP contribution is -2.38. The Hall–Kier alpha value is -1.73. The maximum Gasteiger partial charge on any atom is 0.418 e. The Kier molecular flexibility index (Phi) is 7.56. The summed E-state index contributed by atoms with van der Waals surface area (Å²) in [7, 11) is 1.66. The van der Waals surface area contributed by atoms with Gasteiger partial charge in [0.1, 0.15) is 5.69 Å². The van der Waals surface area contributed by atoms with Gasteiger partial charge in [-0.05, 0) is 43.6 Å². The molecule has 1 saturated carbocycles. The van der Waals surface area contributed by atoms with Crippen LogP contribution in [-0.2, 0) is 4.74 Å². The van der Waals surface area contributed by atoms with Crippen LogP contribution in [0.3, 0.4) is 0 Å². The molecule has 0 unspecified atom stereocenters. The van der Waals surface area contributed by atoms with E-state index in [1.165, 1.54) is 19.3 Å². The quantitative estimate of drug-likeness (QED) is 0.705. The van der Waals surface area contributed by atoms with E-state index in [0.29, 0.717) is 18.1 Å². The number of aromatic nitrogens is 2. The van der Waals surface area contributed by atoms with E-state index < -0.39 is 11.7 Å². The molecular weight excluding hydrogens is 355 g/mol. The minimum Gasteiger partial charge on any atom is -0.383 e. The second-order valence-electron chi connectivity index (χ2n) is 7.13. The van der Waals surface area contributed by atoms with Gasteiger partial charge in [-0.2, -0.15) is 13.2 Å². The normalized spacial score (nSPS) is 24.1. The highest BCUT2D eigenvalue weighted by molar-refractivity contribution is 5.77. The Morgan fingerprint density at radius 1 is 1.26 bits per heavy atom. The Balaban J connectivity index is 2.24. The molecule has 1 aromatic heterocycles. The molecule has 0 amide bonds. The Morgan fingerprint density at radius 3 is 2.52 bits per heavy atom. The van der Waals surface area contributed by atoms with E-state index in [1.54, 1.807) is 7.11 Å². The number of hydrogen-bond acceptors (Lipinski definition) is 4. The molecule has 1 heterocycles. The molecule has 0 saturated heterocycles. The van der Waals surface area contributed by atoms with Crippen LogP contribution in [0.1, 0.15) is 44.5 Å². The lowest BCUT2D eigenvalue weighted by Gasteiger charge is -2.35. The van der Waals surface area contributed by atoms with Crippen molar-refractivity contribution in [3.8, 4) is 0 Å². The molecule has 1 fully saturated rings. The topological polar surface area (TPSA) is 47.0 Å². The molecule has 27 heavy (non-hydrogen) atoms. The Morgan fingerprint density at radius 2 is 1.93 bits per heavy atom. The zero-order chi connectivity index (χ0) is 20.0. The number of nitrogens with zero attached hydrogens (tertiary/aromatic N) is 2. The summed E-state index contributed by atoms with van der Waals surface area (Å²) in [6.45, 7) is 9.03. The Bertz CT molecular complexity index is 673. The summed E-state index contributed by atoms with van der Waals surface area (Å²) < 4.78 is 45.3. The van der Waals surface area contributed by atoms with E-state index in [2.05, 4.69) is 28.8 Å². The molecule has 7 heteroatoms. The number of hydrogen-bond donors (Lipinski definition) is 1. The fraction of sp³-hybridized carbons (Fsp3) is 0.600. The number of allylic oxidation sites excluding steroid dienone is 3. The molecule has 1 aliphatic carbocycles. The predicted octanol–water partition coefficient (Wildman–Crippen LogP) is 4.50. The van der Waals surface area contributed by atoms with Gasteiger partial charge in [0.05, 0.1) is 17.9 Å². The van der Waals surface area contributed by atoms with Crippen molar-refractivity contribution in [2.75, 3.05) is 20.3 Å². The zero-order valence-electron chi connectivity index (χ0n) is 16.1. The number of alkyl halides is 3. The number of nitrogens with one attached hydrogen (secondary N) is 1. The fourth-order valence-corrected chi connectivity index (χ4v) is 3.82. The Labute approximate surface area is 158 Å². The number of halogens is 3. The lowest BCUT2D eigenvalue weighted by atomic mass is 9.75. The van der Waals surface area contributed by atoms with Gasteiger partial charge in [0.25, 0.3) is 0 Å². The SMILES string of the molecule is C=C(c1nccnc1/C(=C\C)C(F)(F)F)[C@H]1C[C@@H](C)C[C@@H](NCCOC)C1. The molecule has 150 valence electrons. The van der Waals surface area contributed by atoms with Crippen molar-refractivity contribution in [3.63, 3.8) is 0 Å². The van der Waals surface area contributed by atoms with Gasteiger partial charge in [0, 0.05) is 32.1 Å². The zero-order valence-corrected chi connectivity index (χ0v) is 16.1. The van der Waals surface area contributed by atoms with Crippen molar-refractivity contribution in [1.82, 2.24) is 15.3 Å². The van der Waals surface area contributed by atoms with Crippen LogP contribution in [0.25, 0.3) is 11.1 Å². The van der Waals surface area contributed by atoms with Gasteiger partial charge in [-0.15, -0.1) is 0 Å². The standard InChI is InChI=1S/C20H28F3N3O/c1-5-17(20(21,22)23)19-18(25-6-7-26-19)14(3)15-10-13(2)11-16(12-15)24-8-9-27-4/h5-7,13,15-16,24H,3,8-12H2,1-2,4H3/b17-5+/t13-,15+,16-/m1/s1. The molecule has 1 aliphatic rings. The third-order valence-electron chi connectivity index (χ3n) is 5.03. The van der Waals surface area contributed by atoms with Gasteiger partial charge >= 0.3 is 6.18 Å². The average Bonchev–Trinajstić information content (AvgIpc) is 2.61. The van der Waals surface area contributed by atoms with Crippen LogP contribution in [0.5, 0.6) is 0 Å². The lowest BCUT2D eigenvalue weighted by molar-refractivity contribution is -0.0692. The minimum absolute atomic E-state index is 0.0654. The van der Waals surface area contributed by atoms with Crippen molar-refractivity contribution in [3.05, 3.63) is 36.4 Å². The first kappa shape index (κ1) is 21.6. The van der Waals surface area contributed by atoms with Crippen molar-refractivity contribution in [1.29, 1.82) is 0 Å². The van der Waals surface area contributed by atoms with Crippen molar-refractivity contribution in [2.24, 2.45) is 11.8 Å². The molecule has 2 rings (SSSR count). The van der Waals surface area contributed by atoms with E-state index in [-0.39, 0.29) is 23.3 Å². The average molecular weight is 383 g/mol. The van der Waals surface area contributed by atoms with Gasteiger partial charge in [0.15, 0.2) is 0 Å². The number of rotatable bonds is 7. The third-order valence-corrected chi connectivity index (χ3v) is 5.03. The van der Waals surface area contributed by atoms with E-state index in [9.17, 15) is 13.2 Å². The first-order chi connectivity index (χ1) is 12.8. The van der Waals surface area contributed by atoms with Crippen molar-refractivity contribution < 1.29 is 17.9 Å². The first-order valence-electron chi connectivity index (χ1n) is 9.24. The summed E-state index contributed by atoms with van der Waals surface area (Å²) in [6.07, 6.45) is 2.01. The maximum absolute atomic E-state index is 13.4. The minimum atomic E-state index is -4.48. The molecule has 0 aliphatic heterocycles. The van der Waals surface area contributed by atoms with E-state index in [0.717, 1.165) is 31.9 Å². The number of ether oxygens (including phenoxy) is 1. The summed E-state index contributed by atoms with van der Waals surface area (Å²) in [4.78, 5) is 8.21. The van der Waals surface area contributed by atoms with E-state index >= 15 is 0 Å². The van der Waals surface area contributed by atoms with Crippen LogP contribution in [-0.4, -0.2) is 42.4 Å². The van der Waals surface area contributed by atoms with Crippen LogP contribution < -0.4 is 5.32 Å². The molecule has 0 spiro atoms. The van der Waals surface area contributed by atoms with Crippen molar-refractivity contribution in [2.45, 2.75) is 45.3 Å². The first-order valence-corrected chi connectivity index (χ1v) is 9.24. The van der Waals surface area contributed by atoms with Crippen LogP contribution in [0.15, 0.2) is 25.0 Å². The van der Waals surface area contributed by atoms with Gasteiger partial charge < -0.3 is 10.1 Å². The summed E-state index contributed by atoms with van der Waals surface area (Å²) in [5.41, 5.74) is -0.0329. The predicted molar refractivity (Wildman–Crippen MR) is 101 cm³/mol. The molecule has 1 N–H and O–H groups in total. The highest BCUT2D eigenvalue weighted by atomic mass is 19.4. The van der Waals surface area contributed by atoms with Gasteiger partial charge in [-0.1, -0.05) is 19.6 Å². The largest absolute Gasteiger partial charge is 0.418 e. The van der Waals surface area contributed by atoms with E-state index in [4.69, 9.17) is 4.74 Å². The summed E-state index contributed by atoms with van der Waals surface area (Å²) in [5.74, 6) is 0.514. The van der Waals surface area contributed by atoms with Crippen molar-refractivity contribution >= 4 is 11.1 Å². The molecule has 3 atom stereocenters. The third kappa shape index (κ3) is 5.62. The van der Waals surface area contributed by atoms with Crippen LogP contribution in [0, 0.1) is 11.8 Å². The molecule has 1 aromatic rings. The van der Waals surface area contributed by atoms with Crippen LogP contribution >= 0.6 is 0 Å².